The maximum atomic E-state index is 13.6. The third-order valence-corrected chi connectivity index (χ3v) is 3.24. The van der Waals surface area contributed by atoms with Gasteiger partial charge in [0, 0.05) is 13.0 Å². The second-order valence-corrected chi connectivity index (χ2v) is 4.86. The molecule has 0 aliphatic heterocycles. The molecule has 1 N–H and O–H groups in total. The Balaban J connectivity index is 1.81. The molecule has 1 heterocycles. The molecule has 0 spiro atoms. The number of carbonyl (C=O) groups is 1. The summed E-state index contributed by atoms with van der Waals surface area (Å²) in [6.07, 6.45) is 2.48. The molecule has 0 unspecified atom stereocenters. The van der Waals surface area contributed by atoms with Gasteiger partial charge in [-0.05, 0) is 41.5 Å². The van der Waals surface area contributed by atoms with Crippen LogP contribution in [0, 0.1) is 5.82 Å². The molecule has 0 bridgehead atoms. The van der Waals surface area contributed by atoms with Gasteiger partial charge in [-0.15, -0.1) is 5.10 Å². The second-order valence-electron chi connectivity index (χ2n) is 4.86. The third kappa shape index (κ3) is 4.24. The van der Waals surface area contributed by atoms with Crippen molar-refractivity contribution in [2.75, 3.05) is 7.11 Å². The van der Waals surface area contributed by atoms with E-state index in [1.165, 1.54) is 19.5 Å². The number of benzene rings is 1. The molecule has 1 aromatic heterocycles. The van der Waals surface area contributed by atoms with E-state index in [0.29, 0.717) is 24.9 Å². The summed E-state index contributed by atoms with van der Waals surface area (Å²) in [6.45, 7) is 2.38. The van der Waals surface area contributed by atoms with Crippen molar-refractivity contribution in [3.63, 3.8) is 0 Å². The fourth-order valence-electron chi connectivity index (χ4n) is 2.03. The number of nitrogens with one attached hydrogen (secondary N) is 1. The standard InChI is InChI=1S/C14H18FN5O2/c1-10(11-5-6-13(22-2)12(15)8-11)17-14(21)4-3-7-20-9-16-18-19-20/h5-6,8-10H,3-4,7H2,1-2H3,(H,17,21)/t10-/m1/s1. The summed E-state index contributed by atoms with van der Waals surface area (Å²) in [5.41, 5.74) is 0.687. The summed E-state index contributed by atoms with van der Waals surface area (Å²) in [5.74, 6) is -0.361. The van der Waals surface area contributed by atoms with Crippen molar-refractivity contribution in [1.29, 1.82) is 0 Å². The third-order valence-electron chi connectivity index (χ3n) is 3.24. The topological polar surface area (TPSA) is 81.9 Å². The summed E-state index contributed by atoms with van der Waals surface area (Å²) >= 11 is 0. The van der Waals surface area contributed by atoms with Crippen LogP contribution in [0.5, 0.6) is 5.75 Å². The Morgan fingerprint density at radius 1 is 1.50 bits per heavy atom. The maximum absolute atomic E-state index is 13.6. The summed E-state index contributed by atoms with van der Waals surface area (Å²) in [6, 6.07) is 4.37. The zero-order valence-electron chi connectivity index (χ0n) is 12.5. The molecule has 0 aliphatic carbocycles. The Morgan fingerprint density at radius 2 is 2.32 bits per heavy atom. The van der Waals surface area contributed by atoms with Gasteiger partial charge in [-0.25, -0.2) is 9.07 Å². The SMILES string of the molecule is COc1ccc([C@@H](C)NC(=O)CCCn2cnnn2)cc1F. The van der Waals surface area contributed by atoms with E-state index in [1.807, 2.05) is 0 Å². The highest BCUT2D eigenvalue weighted by molar-refractivity contribution is 5.76. The van der Waals surface area contributed by atoms with Crippen molar-refractivity contribution >= 4 is 5.91 Å². The van der Waals surface area contributed by atoms with Crippen molar-refractivity contribution in [3.8, 4) is 5.75 Å². The number of tetrazole rings is 1. The largest absolute Gasteiger partial charge is 0.494 e. The van der Waals surface area contributed by atoms with Crippen LogP contribution in [0.4, 0.5) is 4.39 Å². The minimum Gasteiger partial charge on any atom is -0.494 e. The molecular weight excluding hydrogens is 289 g/mol. The number of hydrogen-bond donors (Lipinski definition) is 1. The highest BCUT2D eigenvalue weighted by Gasteiger charge is 2.12. The van der Waals surface area contributed by atoms with E-state index < -0.39 is 5.82 Å². The van der Waals surface area contributed by atoms with Crippen LogP contribution in [-0.4, -0.2) is 33.2 Å². The normalized spacial score (nSPS) is 12.0. The average molecular weight is 307 g/mol. The van der Waals surface area contributed by atoms with E-state index in [-0.39, 0.29) is 17.7 Å². The molecule has 8 heteroatoms. The van der Waals surface area contributed by atoms with E-state index in [4.69, 9.17) is 4.74 Å². The quantitative estimate of drug-likeness (QED) is 0.838. The molecular formula is C14H18FN5O2. The number of aromatic nitrogens is 4. The maximum Gasteiger partial charge on any atom is 0.220 e. The van der Waals surface area contributed by atoms with Gasteiger partial charge in [0.2, 0.25) is 5.91 Å². The molecule has 118 valence electrons. The lowest BCUT2D eigenvalue weighted by Gasteiger charge is -2.15. The molecule has 1 amide bonds. The van der Waals surface area contributed by atoms with Crippen molar-refractivity contribution in [1.82, 2.24) is 25.5 Å². The van der Waals surface area contributed by atoms with Gasteiger partial charge in [-0.3, -0.25) is 4.79 Å². The first-order valence-corrected chi connectivity index (χ1v) is 6.93. The first kappa shape index (κ1) is 15.9. The molecule has 2 aromatic rings. The van der Waals surface area contributed by atoms with Crippen LogP contribution < -0.4 is 10.1 Å². The minimum atomic E-state index is -0.445. The first-order chi connectivity index (χ1) is 10.6. The lowest BCUT2D eigenvalue weighted by atomic mass is 10.1. The van der Waals surface area contributed by atoms with Crippen LogP contribution in [0.2, 0.25) is 0 Å². The highest BCUT2D eigenvalue weighted by atomic mass is 19.1. The molecule has 1 atom stereocenters. The van der Waals surface area contributed by atoms with Crippen molar-refractivity contribution < 1.29 is 13.9 Å². The van der Waals surface area contributed by atoms with Gasteiger partial charge in [0.05, 0.1) is 13.2 Å². The van der Waals surface area contributed by atoms with Gasteiger partial charge in [0.1, 0.15) is 6.33 Å². The minimum absolute atomic E-state index is 0.100. The Kier molecular flexibility index (Phi) is 5.40. The summed E-state index contributed by atoms with van der Waals surface area (Å²) in [4.78, 5) is 11.9. The summed E-state index contributed by atoms with van der Waals surface area (Å²) in [5, 5.41) is 13.6. The van der Waals surface area contributed by atoms with Gasteiger partial charge in [0.15, 0.2) is 11.6 Å². The van der Waals surface area contributed by atoms with Gasteiger partial charge in [-0.1, -0.05) is 6.07 Å². The van der Waals surface area contributed by atoms with Crippen LogP contribution in [0.1, 0.15) is 31.4 Å². The molecule has 0 radical (unpaired) electrons. The second kappa shape index (κ2) is 7.48. The molecule has 0 aliphatic rings. The number of methoxy groups -OCH3 is 1. The van der Waals surface area contributed by atoms with E-state index in [9.17, 15) is 9.18 Å². The predicted molar refractivity (Wildman–Crippen MR) is 76.6 cm³/mol. The molecule has 22 heavy (non-hydrogen) atoms. The van der Waals surface area contributed by atoms with Crippen LogP contribution in [0.15, 0.2) is 24.5 Å². The molecule has 1 aromatic carbocycles. The lowest BCUT2D eigenvalue weighted by molar-refractivity contribution is -0.121. The Bertz CT molecular complexity index is 618. The number of aryl methyl sites for hydroxylation is 1. The molecule has 2 rings (SSSR count). The monoisotopic (exact) mass is 307 g/mol. The number of halogens is 1. The average Bonchev–Trinajstić information content (AvgIpc) is 3.00. The zero-order valence-corrected chi connectivity index (χ0v) is 12.5. The van der Waals surface area contributed by atoms with Gasteiger partial charge >= 0.3 is 0 Å². The van der Waals surface area contributed by atoms with Crippen molar-refractivity contribution in [2.45, 2.75) is 32.4 Å². The highest BCUT2D eigenvalue weighted by Crippen LogP contribution is 2.21. The zero-order chi connectivity index (χ0) is 15.9. The van der Waals surface area contributed by atoms with Crippen LogP contribution in [-0.2, 0) is 11.3 Å². The smallest absolute Gasteiger partial charge is 0.220 e. The molecule has 0 saturated carbocycles. The Labute approximate surface area is 127 Å². The summed E-state index contributed by atoms with van der Waals surface area (Å²) < 4.78 is 20.1. The van der Waals surface area contributed by atoms with Crippen molar-refractivity contribution in [2.24, 2.45) is 0 Å². The molecule has 0 fully saturated rings. The summed E-state index contributed by atoms with van der Waals surface area (Å²) in [7, 11) is 1.41. The van der Waals surface area contributed by atoms with Crippen molar-refractivity contribution in [3.05, 3.63) is 35.9 Å². The van der Waals surface area contributed by atoms with Gasteiger partial charge in [-0.2, -0.15) is 0 Å². The van der Waals surface area contributed by atoms with E-state index in [1.54, 1.807) is 23.7 Å². The number of nitrogens with zero attached hydrogens (tertiary/aromatic N) is 4. The van der Waals surface area contributed by atoms with Gasteiger partial charge < -0.3 is 10.1 Å². The predicted octanol–water partition coefficient (Wildman–Crippen LogP) is 1.48. The van der Waals surface area contributed by atoms with E-state index in [0.717, 1.165) is 0 Å². The van der Waals surface area contributed by atoms with Gasteiger partial charge in [0.25, 0.3) is 0 Å². The number of carbonyl (C=O) groups excluding carboxylic acids is 1. The van der Waals surface area contributed by atoms with Crippen LogP contribution in [0.3, 0.4) is 0 Å². The van der Waals surface area contributed by atoms with Crippen LogP contribution in [0.25, 0.3) is 0 Å². The fraction of sp³-hybridized carbons (Fsp3) is 0.429. The number of rotatable bonds is 7. The van der Waals surface area contributed by atoms with Crippen LogP contribution >= 0.6 is 0 Å². The number of ether oxygens (including phenoxy) is 1. The van der Waals surface area contributed by atoms with E-state index in [2.05, 4.69) is 20.8 Å². The number of amides is 1. The molecule has 7 nitrogen and oxygen atoms in total. The first-order valence-electron chi connectivity index (χ1n) is 6.93. The molecule has 0 saturated heterocycles. The fourth-order valence-corrected chi connectivity index (χ4v) is 2.03. The lowest BCUT2D eigenvalue weighted by Crippen LogP contribution is -2.26. The Hall–Kier alpha value is -2.51. The van der Waals surface area contributed by atoms with E-state index >= 15 is 0 Å². The number of hydrogen-bond acceptors (Lipinski definition) is 5. The Morgan fingerprint density at radius 3 is 2.95 bits per heavy atom.